The predicted octanol–water partition coefficient (Wildman–Crippen LogP) is 4.21. The van der Waals surface area contributed by atoms with Crippen LogP contribution in [-0.4, -0.2) is 13.1 Å². The lowest BCUT2D eigenvalue weighted by Gasteiger charge is -2.33. The zero-order valence-corrected chi connectivity index (χ0v) is 11.5. The van der Waals surface area contributed by atoms with Gasteiger partial charge in [-0.2, -0.15) is 0 Å². The molecule has 0 spiro atoms. The van der Waals surface area contributed by atoms with Crippen molar-refractivity contribution in [1.29, 1.82) is 0 Å². The molecule has 1 fully saturated rings. The molecule has 1 aliphatic rings. The Morgan fingerprint density at radius 1 is 1.19 bits per heavy atom. The number of anilines is 1. The molecule has 0 amide bonds. The lowest BCUT2D eigenvalue weighted by atomic mass is 9.94. The van der Waals surface area contributed by atoms with Crippen LogP contribution in [0.15, 0.2) is 24.3 Å². The van der Waals surface area contributed by atoms with Crippen LogP contribution in [0.5, 0.6) is 0 Å². The average molecular weight is 282 g/mol. The van der Waals surface area contributed by atoms with Crippen molar-refractivity contribution in [1.82, 2.24) is 0 Å². The molecule has 0 radical (unpaired) electrons. The molecule has 1 nitrogen and oxygen atoms in total. The van der Waals surface area contributed by atoms with E-state index in [1.54, 1.807) is 0 Å². The first-order valence-corrected chi connectivity index (χ1v) is 7.35. The van der Waals surface area contributed by atoms with Crippen LogP contribution in [0.3, 0.4) is 0 Å². The summed E-state index contributed by atoms with van der Waals surface area (Å²) in [6.45, 7) is 4.77. The minimum Gasteiger partial charge on any atom is -0.372 e. The lowest BCUT2D eigenvalue weighted by molar-refractivity contribution is 0.395. The Bertz CT molecular complexity index is 312. The van der Waals surface area contributed by atoms with Crippen LogP contribution in [0.4, 0.5) is 5.69 Å². The van der Waals surface area contributed by atoms with Crippen LogP contribution in [0.2, 0.25) is 0 Å². The molecule has 0 N–H and O–H groups in total. The summed E-state index contributed by atoms with van der Waals surface area (Å²) in [6.07, 6.45) is 4.06. The van der Waals surface area contributed by atoms with Gasteiger partial charge in [0.15, 0.2) is 0 Å². The third-order valence-corrected chi connectivity index (χ3v) is 4.30. The summed E-state index contributed by atoms with van der Waals surface area (Å²) in [5, 5.41) is 0.950. The maximum atomic E-state index is 3.48. The van der Waals surface area contributed by atoms with Gasteiger partial charge in [0.2, 0.25) is 0 Å². The van der Waals surface area contributed by atoms with Gasteiger partial charge in [0.1, 0.15) is 0 Å². The van der Waals surface area contributed by atoms with Crippen molar-refractivity contribution in [3.63, 3.8) is 0 Å². The number of halogens is 1. The normalized spacial score (nSPS) is 17.8. The number of hydrogen-bond donors (Lipinski definition) is 0. The van der Waals surface area contributed by atoms with Gasteiger partial charge in [-0.1, -0.05) is 41.4 Å². The molecule has 0 unspecified atom stereocenters. The van der Waals surface area contributed by atoms with E-state index < -0.39 is 0 Å². The Morgan fingerprint density at radius 3 is 2.31 bits per heavy atom. The highest BCUT2D eigenvalue weighted by Gasteiger charge is 2.17. The smallest absolute Gasteiger partial charge is 0.0366 e. The van der Waals surface area contributed by atoms with E-state index in [1.165, 1.54) is 43.6 Å². The first-order chi connectivity index (χ1) is 7.83. The Kier molecular flexibility index (Phi) is 4.28. The van der Waals surface area contributed by atoms with Gasteiger partial charge in [-0.3, -0.25) is 0 Å². The molecular formula is C14H20BrN. The molecule has 88 valence electrons. The molecule has 2 rings (SSSR count). The zero-order chi connectivity index (χ0) is 11.4. The molecule has 1 aliphatic heterocycles. The number of hydrogen-bond acceptors (Lipinski definition) is 1. The highest BCUT2D eigenvalue weighted by atomic mass is 79.9. The second-order valence-corrected chi connectivity index (χ2v) is 5.20. The van der Waals surface area contributed by atoms with Crippen LogP contribution in [0.1, 0.15) is 31.7 Å². The van der Waals surface area contributed by atoms with Crippen LogP contribution in [0.25, 0.3) is 0 Å². The largest absolute Gasteiger partial charge is 0.372 e. The zero-order valence-electron chi connectivity index (χ0n) is 9.95. The van der Waals surface area contributed by atoms with E-state index in [0.29, 0.717) is 0 Å². The van der Waals surface area contributed by atoms with Crippen molar-refractivity contribution in [3.05, 3.63) is 29.8 Å². The number of benzene rings is 1. The summed E-state index contributed by atoms with van der Waals surface area (Å²) < 4.78 is 0. The van der Waals surface area contributed by atoms with Gasteiger partial charge < -0.3 is 4.90 Å². The van der Waals surface area contributed by atoms with E-state index in [0.717, 1.165) is 11.2 Å². The molecule has 0 bridgehead atoms. The van der Waals surface area contributed by atoms with E-state index >= 15 is 0 Å². The number of rotatable bonds is 3. The number of piperidine rings is 1. The summed E-state index contributed by atoms with van der Waals surface area (Å²) in [5.74, 6) is 0.957. The van der Waals surface area contributed by atoms with Crippen LogP contribution >= 0.6 is 15.9 Å². The number of nitrogens with zero attached hydrogens (tertiary/aromatic N) is 1. The minimum atomic E-state index is 0.950. The first kappa shape index (κ1) is 12.0. The lowest BCUT2D eigenvalue weighted by Crippen LogP contribution is -2.33. The average Bonchev–Trinajstić information content (AvgIpc) is 2.39. The first-order valence-electron chi connectivity index (χ1n) is 6.23. The van der Waals surface area contributed by atoms with Crippen LogP contribution in [-0.2, 0) is 5.33 Å². The Morgan fingerprint density at radius 2 is 1.81 bits per heavy atom. The quantitative estimate of drug-likeness (QED) is 0.751. The van der Waals surface area contributed by atoms with Gasteiger partial charge in [0.05, 0.1) is 0 Å². The molecular weight excluding hydrogens is 262 g/mol. The molecule has 0 atom stereocenters. The summed E-state index contributed by atoms with van der Waals surface area (Å²) in [5.41, 5.74) is 2.74. The Balaban J connectivity index is 1.97. The minimum absolute atomic E-state index is 0.950. The summed E-state index contributed by atoms with van der Waals surface area (Å²) in [7, 11) is 0. The fourth-order valence-electron chi connectivity index (χ4n) is 2.40. The van der Waals surface area contributed by atoms with Crippen molar-refractivity contribution in [2.45, 2.75) is 31.5 Å². The summed E-state index contributed by atoms with van der Waals surface area (Å²) in [6, 6.07) is 8.94. The topological polar surface area (TPSA) is 3.24 Å². The summed E-state index contributed by atoms with van der Waals surface area (Å²) >= 11 is 3.48. The summed E-state index contributed by atoms with van der Waals surface area (Å²) in [4.78, 5) is 2.52. The predicted molar refractivity (Wildman–Crippen MR) is 74.3 cm³/mol. The second kappa shape index (κ2) is 5.72. The molecule has 0 saturated carbocycles. The van der Waals surface area contributed by atoms with Crippen LogP contribution in [0, 0.1) is 5.92 Å². The third kappa shape index (κ3) is 2.79. The maximum absolute atomic E-state index is 3.48. The van der Waals surface area contributed by atoms with Crippen molar-refractivity contribution in [2.24, 2.45) is 5.92 Å². The molecule has 1 aromatic carbocycles. The third-order valence-electron chi connectivity index (χ3n) is 3.65. The van der Waals surface area contributed by atoms with E-state index in [2.05, 4.69) is 52.0 Å². The molecule has 16 heavy (non-hydrogen) atoms. The second-order valence-electron chi connectivity index (χ2n) is 4.64. The standard InChI is InChI=1S/C14H20BrN/c1-2-12-7-9-16(10-8-12)14-5-3-13(11-15)4-6-14/h3-6,12H,2,7-11H2,1H3. The van der Waals surface area contributed by atoms with E-state index in [4.69, 9.17) is 0 Å². The highest BCUT2D eigenvalue weighted by molar-refractivity contribution is 9.08. The Labute approximate surface area is 107 Å². The van der Waals surface area contributed by atoms with Gasteiger partial charge >= 0.3 is 0 Å². The highest BCUT2D eigenvalue weighted by Crippen LogP contribution is 2.25. The van der Waals surface area contributed by atoms with Gasteiger partial charge in [-0.05, 0) is 36.5 Å². The van der Waals surface area contributed by atoms with Crippen molar-refractivity contribution in [3.8, 4) is 0 Å². The van der Waals surface area contributed by atoms with Crippen molar-refractivity contribution >= 4 is 21.6 Å². The molecule has 2 heteroatoms. The fraction of sp³-hybridized carbons (Fsp3) is 0.571. The van der Waals surface area contributed by atoms with E-state index in [1.807, 2.05) is 0 Å². The number of alkyl halides is 1. The van der Waals surface area contributed by atoms with Gasteiger partial charge in [-0.15, -0.1) is 0 Å². The van der Waals surface area contributed by atoms with E-state index in [-0.39, 0.29) is 0 Å². The SMILES string of the molecule is CCC1CCN(c2ccc(CBr)cc2)CC1. The van der Waals surface area contributed by atoms with Crippen molar-refractivity contribution in [2.75, 3.05) is 18.0 Å². The molecule has 0 aliphatic carbocycles. The Hall–Kier alpha value is -0.500. The molecule has 1 aromatic rings. The molecule has 1 heterocycles. The monoisotopic (exact) mass is 281 g/mol. The maximum Gasteiger partial charge on any atom is 0.0366 e. The molecule has 1 saturated heterocycles. The van der Waals surface area contributed by atoms with Crippen molar-refractivity contribution < 1.29 is 0 Å². The van der Waals surface area contributed by atoms with Gasteiger partial charge in [-0.25, -0.2) is 0 Å². The fourth-order valence-corrected chi connectivity index (χ4v) is 2.77. The van der Waals surface area contributed by atoms with Gasteiger partial charge in [0.25, 0.3) is 0 Å². The van der Waals surface area contributed by atoms with E-state index in [9.17, 15) is 0 Å². The molecule has 0 aromatic heterocycles. The van der Waals surface area contributed by atoms with Gasteiger partial charge in [0, 0.05) is 24.1 Å². The van der Waals surface area contributed by atoms with Crippen LogP contribution < -0.4 is 4.90 Å².